The van der Waals surface area contributed by atoms with Crippen molar-refractivity contribution in [1.29, 1.82) is 0 Å². The smallest absolute Gasteiger partial charge is 0.306 e. The van der Waals surface area contributed by atoms with E-state index in [0.29, 0.717) is 19.3 Å². The molecule has 0 heterocycles. The second-order valence-corrected chi connectivity index (χ2v) is 20.2. The quantitative estimate of drug-likeness (QED) is 0.0261. The maximum atomic E-state index is 12.9. The van der Waals surface area contributed by atoms with Gasteiger partial charge in [-0.05, 0) is 141 Å². The summed E-state index contributed by atoms with van der Waals surface area (Å²) < 4.78 is 16.9. The van der Waals surface area contributed by atoms with Gasteiger partial charge in [-0.2, -0.15) is 0 Å². The number of hydrogen-bond donors (Lipinski definition) is 0. The molecule has 0 fully saturated rings. The van der Waals surface area contributed by atoms with Gasteiger partial charge in [0.25, 0.3) is 0 Å². The Kier molecular flexibility index (Phi) is 59.9. The van der Waals surface area contributed by atoms with Crippen molar-refractivity contribution in [2.75, 3.05) is 13.2 Å². The summed E-state index contributed by atoms with van der Waals surface area (Å²) in [6, 6.07) is 0. The Balaban J connectivity index is 4.51. The van der Waals surface area contributed by atoms with Gasteiger partial charge in [0, 0.05) is 19.3 Å². The summed E-state index contributed by atoms with van der Waals surface area (Å²) in [5.41, 5.74) is 0. The van der Waals surface area contributed by atoms with E-state index in [0.717, 1.165) is 173 Å². The molecule has 0 aromatic carbocycles. The van der Waals surface area contributed by atoms with Crippen LogP contribution in [0, 0.1) is 0 Å². The molecule has 6 nitrogen and oxygen atoms in total. The Morgan fingerprint density at radius 3 is 0.792 bits per heavy atom. The van der Waals surface area contributed by atoms with Crippen molar-refractivity contribution in [3.05, 3.63) is 146 Å². The molecule has 0 saturated heterocycles. The van der Waals surface area contributed by atoms with Crippen LogP contribution in [0.5, 0.6) is 0 Å². The Hall–Kier alpha value is -4.71. The van der Waals surface area contributed by atoms with Crippen LogP contribution in [0.2, 0.25) is 0 Å². The number of esters is 3. The van der Waals surface area contributed by atoms with Gasteiger partial charge in [0.2, 0.25) is 0 Å². The average Bonchev–Trinajstić information content (AvgIpc) is 3.43. The van der Waals surface area contributed by atoms with Crippen LogP contribution in [0.3, 0.4) is 0 Å². The Bertz CT molecular complexity index is 1700. The van der Waals surface area contributed by atoms with E-state index in [2.05, 4.69) is 167 Å². The molecule has 0 aliphatic rings. The van der Waals surface area contributed by atoms with Crippen molar-refractivity contribution in [3.8, 4) is 0 Å². The zero-order valence-electron chi connectivity index (χ0n) is 49.7. The van der Waals surface area contributed by atoms with E-state index in [1.165, 1.54) is 51.4 Å². The summed E-state index contributed by atoms with van der Waals surface area (Å²) in [6.07, 6.45) is 91.2. The predicted molar refractivity (Wildman–Crippen MR) is 334 cm³/mol. The molecule has 0 N–H and O–H groups in total. The molecule has 0 spiro atoms. The maximum Gasteiger partial charge on any atom is 0.306 e. The van der Waals surface area contributed by atoms with E-state index in [1.54, 1.807) is 0 Å². The first kappa shape index (κ1) is 72.3. The summed E-state index contributed by atoms with van der Waals surface area (Å²) in [5.74, 6) is -0.948. The third-order valence-corrected chi connectivity index (χ3v) is 12.8. The second-order valence-electron chi connectivity index (χ2n) is 20.2. The van der Waals surface area contributed by atoms with Gasteiger partial charge < -0.3 is 14.2 Å². The Morgan fingerprint density at radius 2 is 0.506 bits per heavy atom. The molecule has 0 amide bonds. The molecule has 1 unspecified atom stereocenters. The van der Waals surface area contributed by atoms with Crippen LogP contribution in [0.4, 0.5) is 0 Å². The fourth-order valence-corrected chi connectivity index (χ4v) is 8.17. The van der Waals surface area contributed by atoms with Crippen molar-refractivity contribution in [3.63, 3.8) is 0 Å². The maximum absolute atomic E-state index is 12.9. The summed E-state index contributed by atoms with van der Waals surface area (Å²) in [7, 11) is 0. The molecule has 0 rings (SSSR count). The van der Waals surface area contributed by atoms with E-state index in [4.69, 9.17) is 14.2 Å². The molecule has 0 aliphatic carbocycles. The standard InChI is InChI=1S/C71H114O6/c1-4-7-10-13-16-19-22-25-28-31-34-35-38-40-43-46-49-52-55-58-61-64-70(73)76-67-68(77-71(74)65-62-59-56-53-50-47-44-41-37-33-30-27-24-21-18-15-12-9-6-3)66-75-69(72)63-60-57-54-51-48-45-42-39-36-32-29-26-23-20-17-14-11-8-5-2/h7,9-10,12,16-21,25-30,34-37,39-41,43,68H,4-6,8,11,13-15,22-24,31-33,38,42,44-67H2,1-3H3/b10-7-,12-9-,19-16-,20-17-,21-18-,28-25-,29-26-,30-27-,35-34-,39-36-,41-37-,43-40-. The van der Waals surface area contributed by atoms with Gasteiger partial charge in [-0.15, -0.1) is 0 Å². The molecule has 0 aliphatic heterocycles. The predicted octanol–water partition coefficient (Wildman–Crippen LogP) is 21.5. The summed E-state index contributed by atoms with van der Waals surface area (Å²) in [6.45, 7) is 6.35. The molecular formula is C71H114O6. The highest BCUT2D eigenvalue weighted by Crippen LogP contribution is 2.14. The number of allylic oxidation sites excluding steroid dienone is 24. The van der Waals surface area contributed by atoms with Gasteiger partial charge in [0.15, 0.2) is 6.10 Å². The van der Waals surface area contributed by atoms with Gasteiger partial charge in [0.1, 0.15) is 13.2 Å². The Morgan fingerprint density at radius 1 is 0.273 bits per heavy atom. The highest BCUT2D eigenvalue weighted by Gasteiger charge is 2.19. The largest absolute Gasteiger partial charge is 0.462 e. The molecule has 0 aromatic rings. The zero-order valence-corrected chi connectivity index (χ0v) is 49.7. The lowest BCUT2D eigenvalue weighted by atomic mass is 10.1. The third-order valence-electron chi connectivity index (χ3n) is 12.8. The van der Waals surface area contributed by atoms with Gasteiger partial charge in [-0.1, -0.05) is 250 Å². The second kappa shape index (κ2) is 63.8. The minimum Gasteiger partial charge on any atom is -0.462 e. The summed E-state index contributed by atoms with van der Waals surface area (Å²) >= 11 is 0. The van der Waals surface area contributed by atoms with Gasteiger partial charge in [0.05, 0.1) is 0 Å². The first-order chi connectivity index (χ1) is 38.0. The van der Waals surface area contributed by atoms with Gasteiger partial charge in [-0.3, -0.25) is 14.4 Å². The van der Waals surface area contributed by atoms with Crippen LogP contribution in [-0.2, 0) is 28.6 Å². The van der Waals surface area contributed by atoms with Crippen molar-refractivity contribution in [1.82, 2.24) is 0 Å². The third kappa shape index (κ3) is 62.0. The van der Waals surface area contributed by atoms with Gasteiger partial charge in [-0.25, -0.2) is 0 Å². The van der Waals surface area contributed by atoms with Crippen LogP contribution in [0.15, 0.2) is 146 Å². The van der Waals surface area contributed by atoms with Crippen molar-refractivity contribution < 1.29 is 28.6 Å². The fourth-order valence-electron chi connectivity index (χ4n) is 8.17. The first-order valence-electron chi connectivity index (χ1n) is 31.3. The molecule has 0 radical (unpaired) electrons. The molecule has 6 heteroatoms. The summed E-state index contributed by atoms with van der Waals surface area (Å²) in [5, 5.41) is 0. The molecule has 1 atom stereocenters. The van der Waals surface area contributed by atoms with Crippen LogP contribution >= 0.6 is 0 Å². The lowest BCUT2D eigenvalue weighted by Crippen LogP contribution is -2.30. The number of carbonyl (C=O) groups excluding carboxylic acids is 3. The van der Waals surface area contributed by atoms with Crippen LogP contribution < -0.4 is 0 Å². The minimum atomic E-state index is -0.808. The highest BCUT2D eigenvalue weighted by molar-refractivity contribution is 5.71. The highest BCUT2D eigenvalue weighted by atomic mass is 16.6. The zero-order chi connectivity index (χ0) is 55.7. The number of hydrogen-bond acceptors (Lipinski definition) is 6. The van der Waals surface area contributed by atoms with Crippen LogP contribution in [-0.4, -0.2) is 37.2 Å². The molecular weight excluding hydrogens is 949 g/mol. The van der Waals surface area contributed by atoms with E-state index < -0.39 is 6.10 Å². The van der Waals surface area contributed by atoms with E-state index >= 15 is 0 Å². The normalized spacial score (nSPS) is 13.1. The monoisotopic (exact) mass is 1060 g/mol. The molecule has 0 bridgehead atoms. The lowest BCUT2D eigenvalue weighted by Gasteiger charge is -2.18. The van der Waals surface area contributed by atoms with Gasteiger partial charge >= 0.3 is 17.9 Å². The van der Waals surface area contributed by atoms with E-state index in [1.807, 2.05) is 0 Å². The van der Waals surface area contributed by atoms with Crippen molar-refractivity contribution >= 4 is 17.9 Å². The van der Waals surface area contributed by atoms with Crippen molar-refractivity contribution in [2.24, 2.45) is 0 Å². The number of carbonyl (C=O) groups is 3. The fraction of sp³-hybridized carbons (Fsp3) is 0.620. The molecule has 434 valence electrons. The SMILES string of the molecule is CC/C=C\C/C=C\C/C=C\C/C=C\C/C=C\CCCCCCCC(=O)OCC(COC(=O)CCCCCCCC/C=C\C/C=C\C/C=C\CCCCC)OC(=O)CCCCCCCC/C=C\C/C=C\C/C=C\C/C=C\CC. The van der Waals surface area contributed by atoms with Crippen molar-refractivity contribution in [2.45, 2.75) is 271 Å². The minimum absolute atomic E-state index is 0.103. The number of ether oxygens (including phenoxy) is 3. The molecule has 77 heavy (non-hydrogen) atoms. The first-order valence-corrected chi connectivity index (χ1v) is 31.3. The van der Waals surface area contributed by atoms with E-state index in [-0.39, 0.29) is 31.1 Å². The summed E-state index contributed by atoms with van der Waals surface area (Å²) in [4.78, 5) is 38.4. The molecule has 0 aromatic heterocycles. The topological polar surface area (TPSA) is 78.9 Å². The lowest BCUT2D eigenvalue weighted by molar-refractivity contribution is -0.167. The van der Waals surface area contributed by atoms with E-state index in [9.17, 15) is 14.4 Å². The number of unbranched alkanes of at least 4 members (excludes halogenated alkanes) is 20. The average molecular weight is 1060 g/mol. The molecule has 0 saturated carbocycles. The van der Waals surface area contributed by atoms with Crippen LogP contribution in [0.1, 0.15) is 265 Å². The Labute approximate surface area is 474 Å². The van der Waals surface area contributed by atoms with Crippen LogP contribution in [0.25, 0.3) is 0 Å². The number of rotatable bonds is 55.